The first-order chi connectivity index (χ1) is 8.39. The van der Waals surface area contributed by atoms with Gasteiger partial charge in [-0.05, 0) is 26.6 Å². The summed E-state index contributed by atoms with van der Waals surface area (Å²) < 4.78 is 5.84. The largest absolute Gasteiger partial charge is 0.547 e. The Labute approximate surface area is 118 Å². The highest BCUT2D eigenvalue weighted by molar-refractivity contribution is 6.75. The number of nitrogens with one attached hydrogen (secondary N) is 1. The highest BCUT2D eigenvalue weighted by Crippen LogP contribution is 2.15. The molecule has 0 aromatic carbocycles. The maximum Gasteiger partial charge on any atom is 0.241 e. The Kier molecular flexibility index (Phi) is 6.72. The minimum absolute atomic E-state index is 0.0350. The van der Waals surface area contributed by atoms with Crippen molar-refractivity contribution >= 4 is 28.2 Å². The van der Waals surface area contributed by atoms with Gasteiger partial charge in [0.1, 0.15) is 8.24 Å². The van der Waals surface area contributed by atoms with Crippen LogP contribution < -0.4 is 4.98 Å². The quantitative estimate of drug-likeness (QED) is 0.447. The first-order valence-corrected chi connectivity index (χ1v) is 13.5. The predicted molar refractivity (Wildman–Crippen MR) is 83.9 cm³/mol. The van der Waals surface area contributed by atoms with Crippen molar-refractivity contribution in [1.29, 1.82) is 0 Å². The number of allylic oxidation sites excluding steroid dienone is 2. The van der Waals surface area contributed by atoms with Crippen molar-refractivity contribution in [1.82, 2.24) is 4.98 Å². The summed E-state index contributed by atoms with van der Waals surface area (Å²) in [5.41, 5.74) is 0. The lowest BCUT2D eigenvalue weighted by Gasteiger charge is -2.22. The van der Waals surface area contributed by atoms with Gasteiger partial charge in [-0.3, -0.25) is 9.59 Å². The summed E-state index contributed by atoms with van der Waals surface area (Å²) >= 11 is 0. The van der Waals surface area contributed by atoms with Crippen molar-refractivity contribution < 1.29 is 14.0 Å². The van der Waals surface area contributed by atoms with Crippen LogP contribution in [0.25, 0.3) is 0 Å². The minimum Gasteiger partial charge on any atom is -0.547 e. The SMILES string of the molecule is CC(=O)C=C(CCC(=O)N[Si](C)(C)C)O[Si](C)(C)C. The molecule has 0 aliphatic carbocycles. The monoisotopic (exact) mass is 301 g/mol. The van der Waals surface area contributed by atoms with Gasteiger partial charge in [-0.1, -0.05) is 19.6 Å². The summed E-state index contributed by atoms with van der Waals surface area (Å²) in [6.07, 6.45) is 2.36. The number of hydrogen-bond donors (Lipinski definition) is 1. The van der Waals surface area contributed by atoms with E-state index in [1.165, 1.54) is 13.0 Å². The number of carbonyl (C=O) groups excluding carboxylic acids is 2. The molecule has 0 atom stereocenters. The topological polar surface area (TPSA) is 55.4 Å². The molecule has 0 aliphatic rings. The summed E-state index contributed by atoms with van der Waals surface area (Å²) in [5.74, 6) is 0.629. The number of rotatable bonds is 7. The zero-order valence-electron chi connectivity index (χ0n) is 13.2. The molecule has 1 amide bonds. The second-order valence-electron chi connectivity index (χ2n) is 6.73. The molecule has 0 unspecified atom stereocenters. The van der Waals surface area contributed by atoms with E-state index in [1.54, 1.807) is 0 Å². The first-order valence-electron chi connectivity index (χ1n) is 6.60. The third-order valence-electron chi connectivity index (χ3n) is 1.91. The van der Waals surface area contributed by atoms with Crippen molar-refractivity contribution in [2.75, 3.05) is 0 Å². The van der Waals surface area contributed by atoms with Gasteiger partial charge in [0.25, 0.3) is 0 Å². The first kappa shape index (κ1) is 18.1. The van der Waals surface area contributed by atoms with Crippen molar-refractivity contribution in [3.8, 4) is 0 Å². The van der Waals surface area contributed by atoms with Crippen LogP contribution in [0.5, 0.6) is 0 Å². The fourth-order valence-electron chi connectivity index (χ4n) is 1.49. The number of hydrogen-bond acceptors (Lipinski definition) is 3. The van der Waals surface area contributed by atoms with E-state index in [4.69, 9.17) is 4.43 Å². The lowest BCUT2D eigenvalue weighted by Crippen LogP contribution is -2.45. The zero-order chi connectivity index (χ0) is 15.3. The molecular weight excluding hydrogens is 274 g/mol. The third kappa shape index (κ3) is 11.9. The van der Waals surface area contributed by atoms with E-state index in [0.717, 1.165) is 0 Å². The Balaban J connectivity index is 4.52. The van der Waals surface area contributed by atoms with Gasteiger partial charge in [-0.25, -0.2) is 0 Å². The van der Waals surface area contributed by atoms with Gasteiger partial charge in [0.2, 0.25) is 14.2 Å². The fourth-order valence-corrected chi connectivity index (χ4v) is 3.40. The van der Waals surface area contributed by atoms with E-state index in [9.17, 15) is 9.59 Å². The Morgan fingerprint density at radius 1 is 1.05 bits per heavy atom. The molecule has 0 saturated carbocycles. The summed E-state index contributed by atoms with van der Waals surface area (Å²) in [6.45, 7) is 13.9. The van der Waals surface area contributed by atoms with Gasteiger partial charge in [-0.2, -0.15) is 0 Å². The fraction of sp³-hybridized carbons (Fsp3) is 0.692. The maximum absolute atomic E-state index is 11.8. The highest BCUT2D eigenvalue weighted by atomic mass is 28.4. The van der Waals surface area contributed by atoms with Crippen molar-refractivity contribution in [2.24, 2.45) is 0 Å². The van der Waals surface area contributed by atoms with Crippen LogP contribution in [0, 0.1) is 0 Å². The van der Waals surface area contributed by atoms with Gasteiger partial charge in [0, 0.05) is 18.9 Å². The van der Waals surface area contributed by atoms with Gasteiger partial charge < -0.3 is 9.41 Å². The number of ketones is 1. The average Bonchev–Trinajstić information content (AvgIpc) is 2.07. The minimum atomic E-state index is -1.75. The smallest absolute Gasteiger partial charge is 0.241 e. The van der Waals surface area contributed by atoms with Gasteiger partial charge in [0.05, 0.1) is 5.76 Å². The Morgan fingerprint density at radius 3 is 1.95 bits per heavy atom. The summed E-state index contributed by atoms with van der Waals surface area (Å²) in [5, 5.41) is 0. The number of carbonyl (C=O) groups is 2. The molecule has 19 heavy (non-hydrogen) atoms. The Bertz CT molecular complexity index is 365. The molecule has 0 heterocycles. The van der Waals surface area contributed by atoms with E-state index >= 15 is 0 Å². The van der Waals surface area contributed by atoms with Gasteiger partial charge >= 0.3 is 0 Å². The molecule has 0 saturated heterocycles. The van der Waals surface area contributed by atoms with Crippen molar-refractivity contribution in [2.45, 2.75) is 59.0 Å². The van der Waals surface area contributed by atoms with E-state index in [1.807, 2.05) is 0 Å². The molecule has 0 fully saturated rings. The molecule has 0 spiro atoms. The van der Waals surface area contributed by atoms with Crippen molar-refractivity contribution in [3.05, 3.63) is 11.8 Å². The molecule has 0 aromatic heterocycles. The van der Waals surface area contributed by atoms with E-state index < -0.39 is 16.6 Å². The predicted octanol–water partition coefficient (Wildman–Crippen LogP) is 3.04. The molecule has 0 bridgehead atoms. The van der Waals surface area contributed by atoms with Crippen LogP contribution in [-0.2, 0) is 14.0 Å². The maximum atomic E-state index is 11.8. The molecule has 0 aromatic rings. The molecule has 0 radical (unpaired) electrons. The highest BCUT2D eigenvalue weighted by Gasteiger charge is 2.20. The van der Waals surface area contributed by atoms with E-state index in [2.05, 4.69) is 44.3 Å². The standard InChI is InChI=1S/C13H27NO3Si2/c1-11(15)10-12(17-19(5,6)7)8-9-13(16)14-18(2,3)4/h10H,8-9H2,1-7H3,(H,14,16). The van der Waals surface area contributed by atoms with Gasteiger partial charge in [0.15, 0.2) is 5.78 Å². The lowest BCUT2D eigenvalue weighted by molar-refractivity contribution is -0.119. The molecule has 1 N–H and O–H groups in total. The van der Waals surface area contributed by atoms with Crippen LogP contribution in [-0.4, -0.2) is 28.2 Å². The van der Waals surface area contributed by atoms with E-state index in [0.29, 0.717) is 18.6 Å². The molecule has 4 nitrogen and oxygen atoms in total. The second-order valence-corrected chi connectivity index (χ2v) is 15.9. The van der Waals surface area contributed by atoms with Crippen LogP contribution in [0.4, 0.5) is 0 Å². The van der Waals surface area contributed by atoms with Crippen LogP contribution in [0.15, 0.2) is 11.8 Å². The molecule has 0 rings (SSSR count). The summed E-state index contributed by atoms with van der Waals surface area (Å²) in [7, 11) is -3.34. The Morgan fingerprint density at radius 2 is 1.58 bits per heavy atom. The lowest BCUT2D eigenvalue weighted by atomic mass is 10.2. The average molecular weight is 302 g/mol. The van der Waals surface area contributed by atoms with Crippen LogP contribution in [0.2, 0.25) is 39.3 Å². The van der Waals surface area contributed by atoms with Crippen LogP contribution in [0.1, 0.15) is 19.8 Å². The molecule has 6 heteroatoms. The molecule has 0 aliphatic heterocycles. The van der Waals surface area contributed by atoms with Gasteiger partial charge in [-0.15, -0.1) is 0 Å². The zero-order valence-corrected chi connectivity index (χ0v) is 15.2. The molecular formula is C13H27NO3Si2. The second kappa shape index (κ2) is 7.05. The van der Waals surface area contributed by atoms with E-state index in [-0.39, 0.29) is 11.7 Å². The van der Waals surface area contributed by atoms with Crippen LogP contribution in [0.3, 0.4) is 0 Å². The molecule has 110 valence electrons. The van der Waals surface area contributed by atoms with Crippen LogP contribution >= 0.6 is 0 Å². The normalized spacial score (nSPS) is 13.1. The third-order valence-corrected chi connectivity index (χ3v) is 3.82. The van der Waals surface area contributed by atoms with Crippen molar-refractivity contribution in [3.63, 3.8) is 0 Å². The summed E-state index contributed by atoms with van der Waals surface area (Å²) in [4.78, 5) is 26.0. The number of amides is 1. The Hall–Kier alpha value is -0.886. The summed E-state index contributed by atoms with van der Waals surface area (Å²) in [6, 6.07) is 0.